The fraction of sp³-hybridized carbons (Fsp3) is 0.125. The minimum atomic E-state index is -3.99. The van der Waals surface area contributed by atoms with Gasteiger partial charge in [-0.1, -0.05) is 54.1 Å². The fourth-order valence-corrected chi connectivity index (χ4v) is 5.50. The Balaban J connectivity index is 2.07. The molecule has 0 saturated heterocycles. The third-order valence-electron chi connectivity index (χ3n) is 4.57. The number of halogens is 1. The highest BCUT2D eigenvalue weighted by Gasteiger charge is 2.25. The van der Waals surface area contributed by atoms with Gasteiger partial charge in [0.15, 0.2) is 4.91 Å². The summed E-state index contributed by atoms with van der Waals surface area (Å²) >= 11 is 7.23. The minimum absolute atomic E-state index is 0.0823. The molecule has 0 aliphatic heterocycles. The van der Waals surface area contributed by atoms with Gasteiger partial charge in [0.05, 0.1) is 4.90 Å². The van der Waals surface area contributed by atoms with Crippen molar-refractivity contribution in [2.24, 2.45) is 0 Å². The Labute approximate surface area is 192 Å². The van der Waals surface area contributed by atoms with Gasteiger partial charge in [-0.2, -0.15) is 5.26 Å². The summed E-state index contributed by atoms with van der Waals surface area (Å²) < 4.78 is 26.5. The normalized spacial score (nSPS) is 12.1. The average Bonchev–Trinajstić information content (AvgIpc) is 2.76. The van der Waals surface area contributed by atoms with Crippen LogP contribution < -0.4 is 5.32 Å². The van der Waals surface area contributed by atoms with E-state index in [-0.39, 0.29) is 14.8 Å². The molecular formula is C24H21ClN2O2S2. The van der Waals surface area contributed by atoms with E-state index in [9.17, 15) is 13.7 Å². The molecule has 31 heavy (non-hydrogen) atoms. The molecule has 0 bridgehead atoms. The van der Waals surface area contributed by atoms with Crippen molar-refractivity contribution >= 4 is 38.9 Å². The SMILES string of the molecule is Cc1ccc(C)c(NC(SCc2ccc(Cl)cc2)=C(C#N)S(=O)(=O)c2ccccc2)c1. The van der Waals surface area contributed by atoms with E-state index < -0.39 is 9.84 Å². The summed E-state index contributed by atoms with van der Waals surface area (Å²) in [6.45, 7) is 3.89. The maximum atomic E-state index is 13.3. The van der Waals surface area contributed by atoms with E-state index in [1.165, 1.54) is 23.9 Å². The maximum absolute atomic E-state index is 13.3. The zero-order valence-electron chi connectivity index (χ0n) is 17.1. The molecule has 3 rings (SSSR count). The Morgan fingerprint density at radius 3 is 2.35 bits per heavy atom. The summed E-state index contributed by atoms with van der Waals surface area (Å²) in [6, 6.07) is 23.1. The number of benzene rings is 3. The van der Waals surface area contributed by atoms with Gasteiger partial charge in [0.1, 0.15) is 11.1 Å². The Morgan fingerprint density at radius 1 is 1.03 bits per heavy atom. The minimum Gasteiger partial charge on any atom is -0.348 e. The molecule has 0 amide bonds. The highest BCUT2D eigenvalue weighted by molar-refractivity contribution is 8.04. The number of nitrogens with one attached hydrogen (secondary N) is 1. The standard InChI is InChI=1S/C24H21ClN2O2S2/c1-17-8-9-18(2)22(14-17)27-24(30-16-19-10-12-20(25)13-11-19)23(15-26)31(28,29)21-6-4-3-5-7-21/h3-14,27H,16H2,1-2H3. The molecule has 0 unspecified atom stereocenters. The second kappa shape index (κ2) is 10.1. The number of nitrogens with zero attached hydrogens (tertiary/aromatic N) is 1. The molecule has 158 valence electrons. The maximum Gasteiger partial charge on any atom is 0.219 e. The second-order valence-electron chi connectivity index (χ2n) is 6.95. The molecule has 4 nitrogen and oxygen atoms in total. The van der Waals surface area contributed by atoms with E-state index in [1.54, 1.807) is 30.3 Å². The van der Waals surface area contributed by atoms with Crippen LogP contribution >= 0.6 is 23.4 Å². The molecule has 0 saturated carbocycles. The average molecular weight is 469 g/mol. The summed E-state index contributed by atoms with van der Waals surface area (Å²) in [5, 5.41) is 14.0. The van der Waals surface area contributed by atoms with Crippen LogP contribution in [0, 0.1) is 25.2 Å². The first-order valence-electron chi connectivity index (χ1n) is 9.47. The zero-order valence-corrected chi connectivity index (χ0v) is 19.5. The number of allylic oxidation sites excluding steroid dienone is 1. The first-order valence-corrected chi connectivity index (χ1v) is 12.3. The first kappa shape index (κ1) is 23.0. The van der Waals surface area contributed by atoms with Gasteiger partial charge >= 0.3 is 0 Å². The van der Waals surface area contributed by atoms with Crippen LogP contribution in [-0.4, -0.2) is 8.42 Å². The predicted octanol–water partition coefficient (Wildman–Crippen LogP) is 6.47. The molecule has 0 fully saturated rings. The van der Waals surface area contributed by atoms with E-state index in [4.69, 9.17) is 11.6 Å². The van der Waals surface area contributed by atoms with Gasteiger partial charge in [0.2, 0.25) is 9.84 Å². The molecule has 3 aromatic rings. The van der Waals surface area contributed by atoms with E-state index in [0.29, 0.717) is 10.8 Å². The van der Waals surface area contributed by atoms with Crippen molar-refractivity contribution < 1.29 is 8.42 Å². The van der Waals surface area contributed by atoms with Gasteiger partial charge in [0, 0.05) is 16.5 Å². The molecule has 7 heteroatoms. The number of hydrogen-bond donors (Lipinski definition) is 1. The van der Waals surface area contributed by atoms with E-state index in [1.807, 2.05) is 50.2 Å². The van der Waals surface area contributed by atoms with Crippen LogP contribution in [0.15, 0.2) is 87.6 Å². The molecule has 0 spiro atoms. The Hall–Kier alpha value is -2.72. The third kappa shape index (κ3) is 5.71. The summed E-state index contributed by atoms with van der Waals surface area (Å²) in [6.07, 6.45) is 0. The van der Waals surface area contributed by atoms with Crippen molar-refractivity contribution in [1.82, 2.24) is 0 Å². The fourth-order valence-electron chi connectivity index (χ4n) is 2.84. The number of sulfone groups is 1. The van der Waals surface area contributed by atoms with Gasteiger partial charge in [-0.25, -0.2) is 8.42 Å². The monoisotopic (exact) mass is 468 g/mol. The Bertz CT molecular complexity index is 1250. The van der Waals surface area contributed by atoms with Gasteiger partial charge < -0.3 is 5.32 Å². The quantitative estimate of drug-likeness (QED) is 0.402. The number of nitriles is 1. The zero-order chi connectivity index (χ0) is 22.4. The van der Waals surface area contributed by atoms with Gasteiger partial charge in [-0.15, -0.1) is 11.8 Å². The van der Waals surface area contributed by atoms with E-state index in [0.717, 1.165) is 22.4 Å². The summed E-state index contributed by atoms with van der Waals surface area (Å²) in [5.41, 5.74) is 3.70. The lowest BCUT2D eigenvalue weighted by atomic mass is 10.1. The largest absolute Gasteiger partial charge is 0.348 e. The lowest BCUT2D eigenvalue weighted by molar-refractivity contribution is 0.603. The van der Waals surface area contributed by atoms with E-state index in [2.05, 4.69) is 5.32 Å². The molecule has 0 atom stereocenters. The summed E-state index contributed by atoms with van der Waals surface area (Å²) in [4.78, 5) is -0.225. The van der Waals surface area contributed by atoms with Gasteiger partial charge in [-0.05, 0) is 60.9 Å². The van der Waals surface area contributed by atoms with Crippen LogP contribution in [0.25, 0.3) is 0 Å². The number of anilines is 1. The smallest absolute Gasteiger partial charge is 0.219 e. The molecule has 1 N–H and O–H groups in total. The van der Waals surface area contributed by atoms with Gasteiger partial charge in [-0.3, -0.25) is 0 Å². The lowest BCUT2D eigenvalue weighted by Crippen LogP contribution is -2.11. The Kier molecular flexibility index (Phi) is 7.45. The third-order valence-corrected chi connectivity index (χ3v) is 7.75. The Morgan fingerprint density at radius 2 is 1.71 bits per heavy atom. The summed E-state index contributed by atoms with van der Waals surface area (Å²) in [5.74, 6) is 0.472. The van der Waals surface area contributed by atoms with Crippen LogP contribution in [0.3, 0.4) is 0 Å². The first-order chi connectivity index (χ1) is 14.8. The molecule has 0 aliphatic rings. The number of thioether (sulfide) groups is 1. The molecule has 0 heterocycles. The van der Waals surface area contributed by atoms with Crippen LogP contribution in [0.4, 0.5) is 5.69 Å². The molecular weight excluding hydrogens is 448 g/mol. The highest BCUT2D eigenvalue weighted by Crippen LogP contribution is 2.32. The van der Waals surface area contributed by atoms with Crippen molar-refractivity contribution in [3.63, 3.8) is 0 Å². The van der Waals surface area contributed by atoms with Crippen LogP contribution in [0.5, 0.6) is 0 Å². The predicted molar refractivity (Wildman–Crippen MR) is 129 cm³/mol. The second-order valence-corrected chi connectivity index (χ2v) is 10.3. The molecule has 0 aromatic heterocycles. The van der Waals surface area contributed by atoms with Crippen molar-refractivity contribution in [3.05, 3.63) is 104 Å². The molecule has 3 aromatic carbocycles. The van der Waals surface area contributed by atoms with Crippen molar-refractivity contribution in [2.45, 2.75) is 24.5 Å². The molecule has 0 aliphatic carbocycles. The lowest BCUT2D eigenvalue weighted by Gasteiger charge is -2.16. The van der Waals surface area contributed by atoms with Crippen LogP contribution in [0.2, 0.25) is 5.02 Å². The van der Waals surface area contributed by atoms with Gasteiger partial charge in [0.25, 0.3) is 0 Å². The topological polar surface area (TPSA) is 70.0 Å². The van der Waals surface area contributed by atoms with E-state index >= 15 is 0 Å². The van der Waals surface area contributed by atoms with Crippen molar-refractivity contribution in [2.75, 3.05) is 5.32 Å². The van der Waals surface area contributed by atoms with Crippen molar-refractivity contribution in [3.8, 4) is 6.07 Å². The molecule has 0 radical (unpaired) electrons. The van der Waals surface area contributed by atoms with Crippen LogP contribution in [-0.2, 0) is 15.6 Å². The number of hydrogen-bond acceptors (Lipinski definition) is 5. The number of rotatable bonds is 7. The highest BCUT2D eigenvalue weighted by atomic mass is 35.5. The number of aryl methyl sites for hydroxylation is 2. The van der Waals surface area contributed by atoms with Crippen LogP contribution in [0.1, 0.15) is 16.7 Å². The van der Waals surface area contributed by atoms with Crippen molar-refractivity contribution in [1.29, 1.82) is 5.26 Å². The summed E-state index contributed by atoms with van der Waals surface area (Å²) in [7, 11) is -3.99.